The van der Waals surface area contributed by atoms with Crippen molar-refractivity contribution in [2.75, 3.05) is 0 Å². The maximum atomic E-state index is 6.76. The summed E-state index contributed by atoms with van der Waals surface area (Å²) >= 11 is 0. The summed E-state index contributed by atoms with van der Waals surface area (Å²) in [4.78, 5) is 0. The minimum atomic E-state index is -2.57. The van der Waals surface area contributed by atoms with Gasteiger partial charge in [-0.2, -0.15) is 0 Å². The fourth-order valence-corrected chi connectivity index (χ4v) is 10.7. The van der Waals surface area contributed by atoms with Crippen molar-refractivity contribution in [1.29, 1.82) is 0 Å². The van der Waals surface area contributed by atoms with Crippen molar-refractivity contribution in [3.63, 3.8) is 0 Å². The summed E-state index contributed by atoms with van der Waals surface area (Å²) in [6, 6.07) is 43.3. The normalized spacial score (nSPS) is 11.6. The van der Waals surface area contributed by atoms with E-state index in [1.165, 1.54) is 21.5 Å². The highest BCUT2D eigenvalue weighted by atomic mass is 28.4. The summed E-state index contributed by atoms with van der Waals surface area (Å²) in [7, 11) is -1.89. The molecule has 0 saturated carbocycles. The van der Waals surface area contributed by atoms with Gasteiger partial charge in [0.15, 0.2) is 0 Å². The van der Waals surface area contributed by atoms with Crippen LogP contribution in [-0.2, 0) is 4.12 Å². The van der Waals surface area contributed by atoms with E-state index in [1.54, 1.807) is 0 Å². The molecule has 0 spiro atoms. The number of hydrogen-bond acceptors (Lipinski definition) is 1. The largest absolute Gasteiger partial charge is 0.457 e. The second-order valence-corrected chi connectivity index (χ2v) is 11.8. The fraction of sp³-hybridized carbons (Fsp3) is 0.0400. The van der Waals surface area contributed by atoms with E-state index in [1.807, 2.05) is 0 Å². The quantitative estimate of drug-likeness (QED) is 0.454. The Morgan fingerprint density at radius 2 is 0.821 bits per heavy atom. The lowest BCUT2D eigenvalue weighted by Crippen LogP contribution is -2.65. The Labute approximate surface area is 171 Å². The van der Waals surface area contributed by atoms with Gasteiger partial charge in [0.1, 0.15) is 10.5 Å². The molecule has 28 heavy (non-hydrogen) atoms. The van der Waals surface area contributed by atoms with Gasteiger partial charge in [0.2, 0.25) is 0 Å². The molecule has 3 heteroatoms. The summed E-state index contributed by atoms with van der Waals surface area (Å²) in [5.74, 6) is 0. The molecule has 4 aromatic rings. The van der Waals surface area contributed by atoms with E-state index in [9.17, 15) is 0 Å². The molecule has 0 aliphatic heterocycles. The minimum absolute atomic E-state index is 0.178. The van der Waals surface area contributed by atoms with Crippen LogP contribution in [0, 0.1) is 0 Å². The topological polar surface area (TPSA) is 9.23 Å². The second-order valence-electron chi connectivity index (χ2n) is 6.93. The van der Waals surface area contributed by atoms with Crippen molar-refractivity contribution in [3.8, 4) is 0 Å². The van der Waals surface area contributed by atoms with Gasteiger partial charge in [0.05, 0.1) is 0 Å². The van der Waals surface area contributed by atoms with Gasteiger partial charge in [-0.3, -0.25) is 0 Å². The van der Waals surface area contributed by atoms with E-state index in [2.05, 4.69) is 121 Å². The first-order valence-electron chi connectivity index (χ1n) is 9.62. The summed E-state index contributed by atoms with van der Waals surface area (Å²) in [5, 5.41) is 2.63. The Morgan fingerprint density at radius 1 is 0.500 bits per heavy atom. The van der Waals surface area contributed by atoms with Crippen LogP contribution in [0.5, 0.6) is 0 Å². The monoisotopic (exact) mass is 396 g/mol. The molecule has 0 aromatic heterocycles. The smallest absolute Gasteiger partial charge is 0.256 e. The van der Waals surface area contributed by atoms with Gasteiger partial charge >= 0.3 is 0 Å². The van der Waals surface area contributed by atoms with Crippen LogP contribution in [0.4, 0.5) is 0 Å². The number of hydrogen-bond donors (Lipinski definition) is 0. The SMILES string of the molecule is [SiH3]O[Si](c1ccccc1)(c1ccccc1)C(c1ccccc1)c1ccccc1. The fourth-order valence-electron chi connectivity index (χ4n) is 4.18. The van der Waals surface area contributed by atoms with Gasteiger partial charge in [-0.15, -0.1) is 0 Å². The Kier molecular flexibility index (Phi) is 5.67. The van der Waals surface area contributed by atoms with E-state index < -0.39 is 8.32 Å². The predicted octanol–water partition coefficient (Wildman–Crippen LogP) is 3.41. The Bertz CT molecular complexity index is 911. The summed E-state index contributed by atoms with van der Waals surface area (Å²) in [6.07, 6.45) is 0. The lowest BCUT2D eigenvalue weighted by molar-refractivity contribution is 0.610. The van der Waals surface area contributed by atoms with Crippen molar-refractivity contribution in [3.05, 3.63) is 132 Å². The molecule has 0 aliphatic rings. The molecule has 0 heterocycles. The maximum Gasteiger partial charge on any atom is 0.256 e. The molecule has 0 saturated heterocycles. The van der Waals surface area contributed by atoms with Crippen molar-refractivity contribution in [2.45, 2.75) is 5.54 Å². The van der Waals surface area contributed by atoms with Crippen molar-refractivity contribution < 1.29 is 4.12 Å². The van der Waals surface area contributed by atoms with Gasteiger partial charge in [0.25, 0.3) is 8.32 Å². The van der Waals surface area contributed by atoms with Crippen LogP contribution in [0.25, 0.3) is 0 Å². The number of benzene rings is 4. The van der Waals surface area contributed by atoms with Crippen LogP contribution in [0.2, 0.25) is 0 Å². The zero-order valence-corrected chi connectivity index (χ0v) is 19.0. The highest BCUT2D eigenvalue weighted by Gasteiger charge is 2.47. The Balaban J connectivity index is 2.05. The molecule has 0 atom stereocenters. The van der Waals surface area contributed by atoms with E-state index in [-0.39, 0.29) is 5.54 Å². The van der Waals surface area contributed by atoms with E-state index >= 15 is 0 Å². The molecule has 0 radical (unpaired) electrons. The lowest BCUT2D eigenvalue weighted by atomic mass is 10.0. The van der Waals surface area contributed by atoms with Gasteiger partial charge in [-0.1, -0.05) is 121 Å². The zero-order valence-electron chi connectivity index (χ0n) is 16.0. The van der Waals surface area contributed by atoms with Crippen molar-refractivity contribution in [1.82, 2.24) is 0 Å². The maximum absolute atomic E-state index is 6.76. The molecule has 0 N–H and O–H groups in total. The zero-order chi connectivity index (χ0) is 19.2. The molecule has 0 bridgehead atoms. The molecule has 0 aliphatic carbocycles. The molecular weight excluding hydrogens is 372 g/mol. The van der Waals surface area contributed by atoms with Gasteiger partial charge in [-0.25, -0.2) is 0 Å². The van der Waals surface area contributed by atoms with Crippen molar-refractivity contribution in [2.24, 2.45) is 0 Å². The molecule has 0 amide bonds. The van der Waals surface area contributed by atoms with Gasteiger partial charge < -0.3 is 4.12 Å². The molecule has 4 rings (SSSR count). The summed E-state index contributed by atoms with van der Waals surface area (Å²) < 4.78 is 6.76. The molecule has 138 valence electrons. The van der Waals surface area contributed by atoms with Crippen LogP contribution in [0.1, 0.15) is 16.7 Å². The predicted molar refractivity (Wildman–Crippen MR) is 124 cm³/mol. The third kappa shape index (κ3) is 3.40. The first-order valence-corrected chi connectivity index (χ1v) is 12.4. The third-order valence-corrected chi connectivity index (χ3v) is 11.8. The Hall–Kier alpha value is -2.73. The molecule has 4 aromatic carbocycles. The third-order valence-electron chi connectivity index (χ3n) is 5.40. The van der Waals surface area contributed by atoms with Crippen LogP contribution in [0.3, 0.4) is 0 Å². The first-order chi connectivity index (χ1) is 13.9. The van der Waals surface area contributed by atoms with Crippen LogP contribution < -0.4 is 10.4 Å². The van der Waals surface area contributed by atoms with Gasteiger partial charge in [-0.05, 0) is 21.5 Å². The standard InChI is InChI=1S/C25H24OSi2/c27-26-28(23-17-9-3-10-18-23,24-19-11-4-12-20-24)25(21-13-5-1-6-14-21)22-15-7-2-8-16-22/h1-20,25H,27H3. The van der Waals surface area contributed by atoms with Crippen LogP contribution >= 0.6 is 0 Å². The average Bonchev–Trinajstić information content (AvgIpc) is 2.80. The van der Waals surface area contributed by atoms with Gasteiger partial charge in [0, 0.05) is 5.54 Å². The van der Waals surface area contributed by atoms with E-state index in [0.29, 0.717) is 10.5 Å². The minimum Gasteiger partial charge on any atom is -0.457 e. The first kappa shape index (κ1) is 18.6. The molecule has 0 unspecified atom stereocenters. The highest BCUT2D eigenvalue weighted by molar-refractivity contribution is 7.00. The molecular formula is C25H24OSi2. The van der Waals surface area contributed by atoms with Crippen LogP contribution in [0.15, 0.2) is 121 Å². The van der Waals surface area contributed by atoms with E-state index in [4.69, 9.17) is 4.12 Å². The average molecular weight is 397 g/mol. The summed E-state index contributed by atoms with van der Waals surface area (Å²) in [6.45, 7) is 0. The molecule has 1 nitrogen and oxygen atoms in total. The van der Waals surface area contributed by atoms with Crippen molar-refractivity contribution >= 4 is 29.2 Å². The van der Waals surface area contributed by atoms with Crippen LogP contribution in [-0.4, -0.2) is 18.8 Å². The lowest BCUT2D eigenvalue weighted by Gasteiger charge is -2.39. The van der Waals surface area contributed by atoms with E-state index in [0.717, 1.165) is 0 Å². The Morgan fingerprint density at radius 3 is 1.14 bits per heavy atom. The second kappa shape index (κ2) is 8.52. The highest BCUT2D eigenvalue weighted by Crippen LogP contribution is 2.34. The molecule has 0 fully saturated rings. The number of rotatable bonds is 6. The summed E-state index contributed by atoms with van der Waals surface area (Å²) in [5.41, 5.74) is 2.80.